The van der Waals surface area contributed by atoms with Crippen molar-refractivity contribution >= 4 is 46.4 Å². The lowest BCUT2D eigenvalue weighted by molar-refractivity contribution is -0.120. The molecule has 24 heavy (non-hydrogen) atoms. The molecule has 0 bridgehead atoms. The van der Waals surface area contributed by atoms with E-state index in [2.05, 4.69) is 5.32 Å². The number of aryl methyl sites for hydroxylation is 2. The van der Waals surface area contributed by atoms with Crippen LogP contribution in [0.3, 0.4) is 0 Å². The molecule has 2 aromatic rings. The molecule has 0 heterocycles. The van der Waals surface area contributed by atoms with Gasteiger partial charge < -0.3 is 10.2 Å². The second kappa shape index (κ2) is 7.69. The van der Waals surface area contributed by atoms with Gasteiger partial charge in [0.15, 0.2) is 0 Å². The maximum Gasteiger partial charge on any atom is 0.244 e. The molecule has 126 valence electrons. The molecule has 0 aliphatic rings. The maximum absolute atomic E-state index is 12.3. The third-order valence-electron chi connectivity index (χ3n) is 3.59. The number of hydrogen-bond donors (Lipinski definition) is 1. The molecular weight excluding hydrogens is 347 g/mol. The molecule has 2 amide bonds. The highest BCUT2D eigenvalue weighted by Crippen LogP contribution is 2.24. The van der Waals surface area contributed by atoms with E-state index in [1.54, 1.807) is 30.3 Å². The predicted octanol–water partition coefficient (Wildman–Crippen LogP) is 4.60. The van der Waals surface area contributed by atoms with E-state index in [9.17, 15) is 9.59 Å². The molecule has 0 aliphatic heterocycles. The van der Waals surface area contributed by atoms with Crippen LogP contribution in [-0.2, 0) is 9.59 Å². The van der Waals surface area contributed by atoms with Crippen LogP contribution in [-0.4, -0.2) is 18.4 Å². The minimum absolute atomic E-state index is 0.0939. The molecule has 0 radical (unpaired) electrons. The Morgan fingerprint density at radius 3 is 2.33 bits per heavy atom. The van der Waals surface area contributed by atoms with Gasteiger partial charge in [-0.2, -0.15) is 0 Å². The molecule has 2 aromatic carbocycles. The molecule has 0 unspecified atom stereocenters. The minimum Gasteiger partial charge on any atom is -0.324 e. The Labute approximate surface area is 151 Å². The summed E-state index contributed by atoms with van der Waals surface area (Å²) in [4.78, 5) is 25.7. The van der Waals surface area contributed by atoms with E-state index in [0.717, 1.165) is 11.1 Å². The SMILES string of the molecule is CC(=O)N(CC(=O)Nc1ccc(C)c(Cl)c1)c1ccc(Cl)cc1C. The molecule has 0 saturated carbocycles. The van der Waals surface area contributed by atoms with Crippen molar-refractivity contribution in [1.82, 2.24) is 0 Å². The van der Waals surface area contributed by atoms with Gasteiger partial charge in [0, 0.05) is 28.3 Å². The molecule has 2 rings (SSSR count). The van der Waals surface area contributed by atoms with Crippen molar-refractivity contribution in [3.8, 4) is 0 Å². The van der Waals surface area contributed by atoms with Gasteiger partial charge in [0.1, 0.15) is 6.54 Å². The number of anilines is 2. The third-order valence-corrected chi connectivity index (χ3v) is 4.23. The second-order valence-corrected chi connectivity index (χ2v) is 6.39. The summed E-state index contributed by atoms with van der Waals surface area (Å²) in [7, 11) is 0. The first-order chi connectivity index (χ1) is 11.3. The largest absolute Gasteiger partial charge is 0.324 e. The van der Waals surface area contributed by atoms with E-state index < -0.39 is 0 Å². The number of nitrogens with one attached hydrogen (secondary N) is 1. The normalized spacial score (nSPS) is 10.4. The average molecular weight is 365 g/mol. The van der Waals surface area contributed by atoms with E-state index in [-0.39, 0.29) is 18.4 Å². The first-order valence-corrected chi connectivity index (χ1v) is 8.14. The molecule has 0 saturated heterocycles. The molecule has 0 atom stereocenters. The molecule has 0 aliphatic carbocycles. The van der Waals surface area contributed by atoms with Gasteiger partial charge in [-0.3, -0.25) is 9.59 Å². The van der Waals surface area contributed by atoms with E-state index in [1.165, 1.54) is 11.8 Å². The molecule has 0 spiro atoms. The summed E-state index contributed by atoms with van der Waals surface area (Å²) in [6.07, 6.45) is 0. The molecule has 0 fully saturated rings. The molecule has 6 heteroatoms. The zero-order valence-corrected chi connectivity index (χ0v) is 15.2. The van der Waals surface area contributed by atoms with Crippen LogP contribution in [0.1, 0.15) is 18.1 Å². The number of halogens is 2. The van der Waals surface area contributed by atoms with Crippen LogP contribution in [0.25, 0.3) is 0 Å². The fraction of sp³-hybridized carbons (Fsp3) is 0.222. The van der Waals surface area contributed by atoms with Gasteiger partial charge in [0.25, 0.3) is 0 Å². The Morgan fingerprint density at radius 2 is 1.75 bits per heavy atom. The van der Waals surface area contributed by atoms with Gasteiger partial charge in [-0.05, 0) is 55.3 Å². The van der Waals surface area contributed by atoms with Crippen molar-refractivity contribution in [1.29, 1.82) is 0 Å². The quantitative estimate of drug-likeness (QED) is 0.861. The smallest absolute Gasteiger partial charge is 0.244 e. The fourth-order valence-electron chi connectivity index (χ4n) is 2.30. The molecule has 1 N–H and O–H groups in total. The van der Waals surface area contributed by atoms with Crippen molar-refractivity contribution in [2.45, 2.75) is 20.8 Å². The summed E-state index contributed by atoms with van der Waals surface area (Å²) in [5.74, 6) is -0.531. The Kier molecular flexibility index (Phi) is 5.86. The van der Waals surface area contributed by atoms with Crippen LogP contribution in [0.15, 0.2) is 36.4 Å². The Morgan fingerprint density at radius 1 is 1.04 bits per heavy atom. The number of benzene rings is 2. The highest BCUT2D eigenvalue weighted by molar-refractivity contribution is 6.31. The predicted molar refractivity (Wildman–Crippen MR) is 99.0 cm³/mol. The summed E-state index contributed by atoms with van der Waals surface area (Å²) in [5.41, 5.74) is 3.00. The van der Waals surface area contributed by atoms with E-state index >= 15 is 0 Å². The maximum atomic E-state index is 12.3. The summed E-state index contributed by atoms with van der Waals surface area (Å²) < 4.78 is 0. The average Bonchev–Trinajstić information content (AvgIpc) is 2.49. The fourth-order valence-corrected chi connectivity index (χ4v) is 2.71. The number of amides is 2. The van der Waals surface area contributed by atoms with Crippen LogP contribution < -0.4 is 10.2 Å². The van der Waals surface area contributed by atoms with Gasteiger partial charge in [-0.1, -0.05) is 29.3 Å². The molecule has 0 aromatic heterocycles. The van der Waals surface area contributed by atoms with Crippen LogP contribution in [0, 0.1) is 13.8 Å². The lowest BCUT2D eigenvalue weighted by Gasteiger charge is -2.22. The molecule has 4 nitrogen and oxygen atoms in total. The van der Waals surface area contributed by atoms with Gasteiger partial charge in [-0.25, -0.2) is 0 Å². The van der Waals surface area contributed by atoms with Crippen molar-refractivity contribution in [3.63, 3.8) is 0 Å². The highest BCUT2D eigenvalue weighted by Gasteiger charge is 2.18. The minimum atomic E-state index is -0.306. The van der Waals surface area contributed by atoms with E-state index in [4.69, 9.17) is 23.2 Å². The summed E-state index contributed by atoms with van der Waals surface area (Å²) >= 11 is 12.0. The first kappa shape index (κ1) is 18.3. The summed E-state index contributed by atoms with van der Waals surface area (Å²) in [5, 5.41) is 3.91. The lowest BCUT2D eigenvalue weighted by atomic mass is 10.1. The van der Waals surface area contributed by atoms with Crippen molar-refractivity contribution in [2.24, 2.45) is 0 Å². The van der Waals surface area contributed by atoms with Crippen LogP contribution in [0.5, 0.6) is 0 Å². The topological polar surface area (TPSA) is 49.4 Å². The monoisotopic (exact) mass is 364 g/mol. The van der Waals surface area contributed by atoms with Crippen LogP contribution >= 0.6 is 23.2 Å². The Hall–Kier alpha value is -2.04. The van der Waals surface area contributed by atoms with Gasteiger partial charge in [-0.15, -0.1) is 0 Å². The zero-order chi connectivity index (χ0) is 17.9. The summed E-state index contributed by atoms with van der Waals surface area (Å²) in [6, 6.07) is 10.5. The van der Waals surface area contributed by atoms with Gasteiger partial charge >= 0.3 is 0 Å². The number of carbonyl (C=O) groups excluding carboxylic acids is 2. The van der Waals surface area contributed by atoms with Crippen molar-refractivity contribution < 1.29 is 9.59 Å². The third kappa shape index (κ3) is 4.49. The van der Waals surface area contributed by atoms with Gasteiger partial charge in [0.2, 0.25) is 11.8 Å². The van der Waals surface area contributed by atoms with E-state index in [1.807, 2.05) is 19.9 Å². The van der Waals surface area contributed by atoms with Crippen molar-refractivity contribution in [2.75, 3.05) is 16.8 Å². The number of carbonyl (C=O) groups is 2. The van der Waals surface area contributed by atoms with Crippen molar-refractivity contribution in [3.05, 3.63) is 57.6 Å². The number of hydrogen-bond acceptors (Lipinski definition) is 2. The Balaban J connectivity index is 2.16. The second-order valence-electron chi connectivity index (χ2n) is 5.55. The highest BCUT2D eigenvalue weighted by atomic mass is 35.5. The molecular formula is C18H18Cl2N2O2. The number of rotatable bonds is 4. The van der Waals surface area contributed by atoms with E-state index in [0.29, 0.717) is 21.4 Å². The van der Waals surface area contributed by atoms with Gasteiger partial charge in [0.05, 0.1) is 0 Å². The number of nitrogens with zero attached hydrogens (tertiary/aromatic N) is 1. The lowest BCUT2D eigenvalue weighted by Crippen LogP contribution is -2.37. The standard InChI is InChI=1S/C18H18Cl2N2O2/c1-11-4-6-15(9-16(11)20)21-18(24)10-22(13(3)23)17-7-5-14(19)8-12(17)2/h4-9H,10H2,1-3H3,(H,21,24). The van der Waals surface area contributed by atoms with Crippen LogP contribution in [0.4, 0.5) is 11.4 Å². The van der Waals surface area contributed by atoms with Crippen LogP contribution in [0.2, 0.25) is 10.0 Å². The summed E-state index contributed by atoms with van der Waals surface area (Å²) in [6.45, 7) is 5.05. The first-order valence-electron chi connectivity index (χ1n) is 7.38. The zero-order valence-electron chi connectivity index (χ0n) is 13.7. The Bertz CT molecular complexity index is 791.